The van der Waals surface area contributed by atoms with Crippen LogP contribution >= 0.6 is 23.2 Å². The van der Waals surface area contributed by atoms with Crippen molar-refractivity contribution in [3.05, 3.63) is 22.2 Å². The van der Waals surface area contributed by atoms with E-state index < -0.39 is 6.09 Å². The van der Waals surface area contributed by atoms with Gasteiger partial charge in [0.2, 0.25) is 0 Å². The third kappa shape index (κ3) is 3.16. The minimum atomic E-state index is -0.429. The standard InChI is InChI=1S/C12H15Cl2N3O2/c1-19-12(18)16-8-2-3-17(6-8)11-9(13)4-7(15)5-10(11)14/h4-5,8H,2-3,6,15H2,1H3,(H,16,18). The van der Waals surface area contributed by atoms with E-state index in [0.29, 0.717) is 22.3 Å². The van der Waals surface area contributed by atoms with Crippen LogP contribution in [0.3, 0.4) is 0 Å². The van der Waals surface area contributed by atoms with E-state index in [-0.39, 0.29) is 6.04 Å². The Hall–Kier alpha value is -1.33. The van der Waals surface area contributed by atoms with Gasteiger partial charge in [-0.3, -0.25) is 0 Å². The van der Waals surface area contributed by atoms with Gasteiger partial charge in [0.25, 0.3) is 0 Å². The molecular formula is C12H15Cl2N3O2. The van der Waals surface area contributed by atoms with Crippen LogP contribution in [0.5, 0.6) is 0 Å². The first-order valence-corrected chi connectivity index (χ1v) is 6.60. The predicted molar refractivity (Wildman–Crippen MR) is 77.0 cm³/mol. The van der Waals surface area contributed by atoms with Gasteiger partial charge in [0.05, 0.1) is 28.9 Å². The summed E-state index contributed by atoms with van der Waals surface area (Å²) in [6.45, 7) is 1.40. The first-order valence-electron chi connectivity index (χ1n) is 5.85. The average molecular weight is 304 g/mol. The summed E-state index contributed by atoms with van der Waals surface area (Å²) in [6.07, 6.45) is 0.382. The smallest absolute Gasteiger partial charge is 0.407 e. The highest BCUT2D eigenvalue weighted by molar-refractivity contribution is 6.39. The number of carbonyl (C=O) groups is 1. The summed E-state index contributed by atoms with van der Waals surface area (Å²) in [5.41, 5.74) is 6.96. The molecule has 104 valence electrons. The zero-order valence-electron chi connectivity index (χ0n) is 10.5. The number of amides is 1. The Balaban J connectivity index is 2.11. The normalized spacial score (nSPS) is 18.5. The van der Waals surface area contributed by atoms with Crippen molar-refractivity contribution in [2.75, 3.05) is 30.8 Å². The molecular weight excluding hydrogens is 289 g/mol. The molecule has 1 aromatic carbocycles. The van der Waals surface area contributed by atoms with Crippen LogP contribution in [0, 0.1) is 0 Å². The third-order valence-corrected chi connectivity index (χ3v) is 3.63. The van der Waals surface area contributed by atoms with Crippen LogP contribution in [0.2, 0.25) is 10.0 Å². The van der Waals surface area contributed by atoms with E-state index in [9.17, 15) is 4.79 Å². The number of alkyl carbamates (subject to hydrolysis) is 1. The summed E-state index contributed by atoms with van der Waals surface area (Å²) < 4.78 is 4.58. The molecule has 0 radical (unpaired) electrons. The number of nitrogens with two attached hydrogens (primary N) is 1. The molecule has 1 atom stereocenters. The van der Waals surface area contributed by atoms with Crippen molar-refractivity contribution in [2.45, 2.75) is 12.5 Å². The summed E-state index contributed by atoms with van der Waals surface area (Å²) in [5.74, 6) is 0. The second kappa shape index (κ2) is 5.75. The van der Waals surface area contributed by atoms with Crippen molar-refractivity contribution in [3.8, 4) is 0 Å². The number of nitrogens with one attached hydrogen (secondary N) is 1. The molecule has 0 spiro atoms. The number of methoxy groups -OCH3 is 1. The number of hydrogen-bond donors (Lipinski definition) is 2. The van der Waals surface area contributed by atoms with Crippen molar-refractivity contribution in [3.63, 3.8) is 0 Å². The lowest BCUT2D eigenvalue weighted by atomic mass is 10.2. The highest BCUT2D eigenvalue weighted by atomic mass is 35.5. The maximum atomic E-state index is 11.2. The van der Waals surface area contributed by atoms with Crippen LogP contribution in [0.4, 0.5) is 16.2 Å². The lowest BCUT2D eigenvalue weighted by Gasteiger charge is -2.22. The van der Waals surface area contributed by atoms with Crippen molar-refractivity contribution in [1.29, 1.82) is 0 Å². The van der Waals surface area contributed by atoms with Gasteiger partial charge in [0, 0.05) is 18.8 Å². The molecule has 1 amide bonds. The number of benzene rings is 1. The van der Waals surface area contributed by atoms with Gasteiger partial charge < -0.3 is 20.7 Å². The molecule has 1 fully saturated rings. The van der Waals surface area contributed by atoms with Crippen LogP contribution in [0.1, 0.15) is 6.42 Å². The van der Waals surface area contributed by atoms with E-state index in [1.807, 2.05) is 4.90 Å². The van der Waals surface area contributed by atoms with Crippen molar-refractivity contribution >= 4 is 40.7 Å². The predicted octanol–water partition coefficient (Wildman–Crippen LogP) is 2.51. The average Bonchev–Trinajstić information content (AvgIpc) is 2.75. The molecule has 1 heterocycles. The van der Waals surface area contributed by atoms with Gasteiger partial charge in [-0.25, -0.2) is 4.79 Å². The van der Waals surface area contributed by atoms with Gasteiger partial charge in [-0.2, -0.15) is 0 Å². The molecule has 19 heavy (non-hydrogen) atoms. The lowest BCUT2D eigenvalue weighted by Crippen LogP contribution is -2.37. The lowest BCUT2D eigenvalue weighted by molar-refractivity contribution is 0.167. The molecule has 7 heteroatoms. The minimum Gasteiger partial charge on any atom is -0.453 e. The number of rotatable bonds is 2. The van der Waals surface area contributed by atoms with Gasteiger partial charge in [-0.05, 0) is 18.6 Å². The number of halogens is 2. The van der Waals surface area contributed by atoms with Crippen LogP contribution in [0.25, 0.3) is 0 Å². The Morgan fingerprint density at radius 3 is 2.68 bits per heavy atom. The third-order valence-electron chi connectivity index (χ3n) is 3.05. The Kier molecular flexibility index (Phi) is 4.27. The zero-order chi connectivity index (χ0) is 14.0. The topological polar surface area (TPSA) is 67.6 Å². The van der Waals surface area contributed by atoms with Gasteiger partial charge in [0.1, 0.15) is 0 Å². The van der Waals surface area contributed by atoms with Crippen molar-refractivity contribution in [2.24, 2.45) is 0 Å². The molecule has 1 aromatic rings. The zero-order valence-corrected chi connectivity index (χ0v) is 12.0. The SMILES string of the molecule is COC(=O)NC1CCN(c2c(Cl)cc(N)cc2Cl)C1. The van der Waals surface area contributed by atoms with E-state index in [1.54, 1.807) is 12.1 Å². The summed E-state index contributed by atoms with van der Waals surface area (Å²) >= 11 is 12.4. The fourth-order valence-corrected chi connectivity index (χ4v) is 2.94. The quantitative estimate of drug-likeness (QED) is 0.824. The number of carbonyl (C=O) groups excluding carboxylic acids is 1. The molecule has 0 bridgehead atoms. The molecule has 1 aliphatic heterocycles. The first-order chi connectivity index (χ1) is 9.01. The number of hydrogen-bond acceptors (Lipinski definition) is 4. The molecule has 2 rings (SSSR count). The number of anilines is 2. The second-order valence-electron chi connectivity index (χ2n) is 4.40. The van der Waals surface area contributed by atoms with Crippen LogP contribution in [-0.4, -0.2) is 32.3 Å². The van der Waals surface area contributed by atoms with E-state index in [4.69, 9.17) is 28.9 Å². The molecule has 1 saturated heterocycles. The Labute approximate surface area is 121 Å². The second-order valence-corrected chi connectivity index (χ2v) is 5.22. The molecule has 0 saturated carbocycles. The maximum absolute atomic E-state index is 11.2. The molecule has 0 aromatic heterocycles. The highest BCUT2D eigenvalue weighted by Crippen LogP contribution is 2.37. The van der Waals surface area contributed by atoms with E-state index >= 15 is 0 Å². The molecule has 1 unspecified atom stereocenters. The summed E-state index contributed by atoms with van der Waals surface area (Å²) in [6, 6.07) is 3.37. The van der Waals surface area contributed by atoms with Gasteiger partial charge in [0.15, 0.2) is 0 Å². The van der Waals surface area contributed by atoms with Crippen LogP contribution < -0.4 is 16.0 Å². The molecule has 1 aliphatic rings. The van der Waals surface area contributed by atoms with Gasteiger partial charge in [-0.1, -0.05) is 23.2 Å². The Bertz CT molecular complexity index is 473. The maximum Gasteiger partial charge on any atom is 0.407 e. The highest BCUT2D eigenvalue weighted by Gasteiger charge is 2.27. The summed E-state index contributed by atoms with van der Waals surface area (Å²) in [4.78, 5) is 13.2. The van der Waals surface area contributed by atoms with Gasteiger partial charge >= 0.3 is 6.09 Å². The summed E-state index contributed by atoms with van der Waals surface area (Å²) in [5, 5.41) is 3.80. The van der Waals surface area contributed by atoms with E-state index in [1.165, 1.54) is 7.11 Å². The molecule has 0 aliphatic carbocycles. The largest absolute Gasteiger partial charge is 0.453 e. The first kappa shape index (κ1) is 14.1. The van der Waals surface area contributed by atoms with E-state index in [2.05, 4.69) is 10.1 Å². The number of nitrogen functional groups attached to an aromatic ring is 1. The molecule has 3 N–H and O–H groups in total. The van der Waals surface area contributed by atoms with Gasteiger partial charge in [-0.15, -0.1) is 0 Å². The number of ether oxygens (including phenoxy) is 1. The van der Waals surface area contributed by atoms with Crippen molar-refractivity contribution in [1.82, 2.24) is 5.32 Å². The minimum absolute atomic E-state index is 0.0251. The monoisotopic (exact) mass is 303 g/mol. The summed E-state index contributed by atoms with van der Waals surface area (Å²) in [7, 11) is 1.34. The number of nitrogens with zero attached hydrogens (tertiary/aromatic N) is 1. The van der Waals surface area contributed by atoms with E-state index in [0.717, 1.165) is 18.7 Å². The van der Waals surface area contributed by atoms with Crippen molar-refractivity contribution < 1.29 is 9.53 Å². The Morgan fingerprint density at radius 2 is 2.11 bits per heavy atom. The Morgan fingerprint density at radius 1 is 1.47 bits per heavy atom. The molecule has 5 nitrogen and oxygen atoms in total. The van der Waals surface area contributed by atoms with Crippen LogP contribution in [-0.2, 0) is 4.74 Å². The fraction of sp³-hybridized carbons (Fsp3) is 0.417. The fourth-order valence-electron chi connectivity index (χ4n) is 2.19. The van der Waals surface area contributed by atoms with Crippen LogP contribution in [0.15, 0.2) is 12.1 Å².